The summed E-state index contributed by atoms with van der Waals surface area (Å²) in [5.41, 5.74) is 4.01. The van der Waals surface area contributed by atoms with E-state index in [1.165, 1.54) is 0 Å². The second-order valence-electron chi connectivity index (χ2n) is 3.40. The lowest BCUT2D eigenvalue weighted by Crippen LogP contribution is -2.05. The van der Waals surface area contributed by atoms with Gasteiger partial charge in [-0.1, -0.05) is 5.16 Å². The van der Waals surface area contributed by atoms with Crippen LogP contribution in [0.25, 0.3) is 11.3 Å². The molecule has 0 unspecified atom stereocenters. The average molecular weight is 325 g/mol. The molecule has 96 valence electrons. The van der Waals surface area contributed by atoms with Crippen molar-refractivity contribution in [3.05, 3.63) is 34.1 Å². The summed E-state index contributed by atoms with van der Waals surface area (Å²) in [6, 6.07) is 2.00. The molecule has 2 N–H and O–H groups in total. The summed E-state index contributed by atoms with van der Waals surface area (Å²) in [6.07, 6.45) is -4.57. The van der Waals surface area contributed by atoms with Gasteiger partial charge in [0.25, 0.3) is 0 Å². The molecule has 0 saturated heterocycles. The number of aromatic nitrogens is 1. The number of alkyl halides is 3. The van der Waals surface area contributed by atoms with Gasteiger partial charge in [0.05, 0.1) is 11.1 Å². The van der Waals surface area contributed by atoms with E-state index in [2.05, 4.69) is 21.1 Å². The van der Waals surface area contributed by atoms with Crippen LogP contribution in [0.4, 0.5) is 23.4 Å². The molecule has 3 nitrogen and oxygen atoms in total. The lowest BCUT2D eigenvalue weighted by atomic mass is 10.1. The molecule has 0 aliphatic carbocycles. The number of benzene rings is 1. The van der Waals surface area contributed by atoms with Crippen LogP contribution < -0.4 is 5.73 Å². The van der Waals surface area contributed by atoms with Crippen LogP contribution in [0.3, 0.4) is 0 Å². The lowest BCUT2D eigenvalue weighted by molar-refractivity contribution is -0.137. The number of halogens is 5. The van der Waals surface area contributed by atoms with Crippen LogP contribution in [-0.2, 0) is 6.18 Å². The molecule has 0 aliphatic heterocycles. The Bertz CT molecular complexity index is 594. The fourth-order valence-corrected chi connectivity index (χ4v) is 1.69. The van der Waals surface area contributed by atoms with Crippen molar-refractivity contribution in [2.75, 3.05) is 5.73 Å². The fraction of sp³-hybridized carbons (Fsp3) is 0.100. The fourth-order valence-electron chi connectivity index (χ4n) is 1.33. The van der Waals surface area contributed by atoms with Crippen molar-refractivity contribution < 1.29 is 22.1 Å². The maximum absolute atomic E-state index is 13.5. The number of nitrogens with zero attached hydrogens (tertiary/aromatic N) is 1. The van der Waals surface area contributed by atoms with Gasteiger partial charge in [0.2, 0.25) is 0 Å². The third kappa shape index (κ3) is 2.20. The van der Waals surface area contributed by atoms with Crippen molar-refractivity contribution >= 4 is 21.7 Å². The van der Waals surface area contributed by atoms with Crippen LogP contribution in [0.2, 0.25) is 0 Å². The van der Waals surface area contributed by atoms with E-state index in [0.717, 1.165) is 0 Å². The molecule has 0 saturated carbocycles. The van der Waals surface area contributed by atoms with E-state index in [4.69, 9.17) is 10.3 Å². The molecule has 0 aliphatic rings. The standard InChI is InChI=1S/C10H5BrF4N2O/c11-7-8(18-17-9(7)16)5-3-4(10(13,14)15)1-2-6(5)12/h1-3H,(H2,16,17). The molecule has 0 fully saturated rings. The third-order valence-electron chi connectivity index (χ3n) is 2.20. The number of rotatable bonds is 1. The first-order valence-corrected chi connectivity index (χ1v) is 5.37. The average Bonchev–Trinajstić information content (AvgIpc) is 2.59. The zero-order chi connectivity index (χ0) is 13.5. The van der Waals surface area contributed by atoms with Crippen LogP contribution in [-0.4, -0.2) is 5.16 Å². The van der Waals surface area contributed by atoms with Crippen molar-refractivity contribution in [2.45, 2.75) is 6.18 Å². The predicted octanol–water partition coefficient (Wildman–Crippen LogP) is 3.84. The summed E-state index contributed by atoms with van der Waals surface area (Å²) in [4.78, 5) is 0. The van der Waals surface area contributed by atoms with E-state index in [9.17, 15) is 17.6 Å². The molecule has 0 radical (unpaired) electrons. The van der Waals surface area contributed by atoms with Gasteiger partial charge in [0, 0.05) is 0 Å². The Labute approximate surface area is 107 Å². The van der Waals surface area contributed by atoms with E-state index in [-0.39, 0.29) is 21.6 Å². The summed E-state index contributed by atoms with van der Waals surface area (Å²) in [7, 11) is 0. The summed E-state index contributed by atoms with van der Waals surface area (Å²) in [5.74, 6) is -1.11. The minimum absolute atomic E-state index is 0.0678. The highest BCUT2D eigenvalue weighted by atomic mass is 79.9. The summed E-state index contributed by atoms with van der Waals surface area (Å²) >= 11 is 2.97. The molecule has 8 heteroatoms. The van der Waals surface area contributed by atoms with Crippen molar-refractivity contribution in [2.24, 2.45) is 0 Å². The first-order valence-electron chi connectivity index (χ1n) is 4.58. The van der Waals surface area contributed by atoms with Crippen molar-refractivity contribution in [1.82, 2.24) is 5.16 Å². The summed E-state index contributed by atoms with van der Waals surface area (Å²) < 4.78 is 55.9. The Morgan fingerprint density at radius 2 is 1.94 bits per heavy atom. The molecule has 1 heterocycles. The Kier molecular flexibility index (Phi) is 3.05. The van der Waals surface area contributed by atoms with E-state index in [0.29, 0.717) is 18.2 Å². The van der Waals surface area contributed by atoms with Gasteiger partial charge in [-0.05, 0) is 34.1 Å². The number of anilines is 1. The molecule has 1 aromatic heterocycles. The number of hydrogen-bond acceptors (Lipinski definition) is 3. The van der Waals surface area contributed by atoms with Crippen LogP contribution in [0.1, 0.15) is 5.56 Å². The SMILES string of the molecule is Nc1noc(-c2cc(C(F)(F)F)ccc2F)c1Br. The monoisotopic (exact) mass is 324 g/mol. The van der Waals surface area contributed by atoms with E-state index >= 15 is 0 Å². The maximum atomic E-state index is 13.5. The first kappa shape index (κ1) is 12.9. The van der Waals surface area contributed by atoms with Gasteiger partial charge in [-0.3, -0.25) is 0 Å². The van der Waals surface area contributed by atoms with E-state index in [1.807, 2.05) is 0 Å². The van der Waals surface area contributed by atoms with Crippen LogP contribution in [0.5, 0.6) is 0 Å². The van der Waals surface area contributed by atoms with Gasteiger partial charge in [-0.15, -0.1) is 0 Å². The van der Waals surface area contributed by atoms with Gasteiger partial charge >= 0.3 is 6.18 Å². The molecule has 0 spiro atoms. The molecule has 0 amide bonds. The molecule has 0 atom stereocenters. The van der Waals surface area contributed by atoms with Gasteiger partial charge < -0.3 is 10.3 Å². The molecular weight excluding hydrogens is 320 g/mol. The maximum Gasteiger partial charge on any atom is 0.416 e. The molecule has 18 heavy (non-hydrogen) atoms. The van der Waals surface area contributed by atoms with E-state index in [1.54, 1.807) is 0 Å². The molecule has 1 aromatic carbocycles. The van der Waals surface area contributed by atoms with Gasteiger partial charge in [-0.2, -0.15) is 13.2 Å². The zero-order valence-corrected chi connectivity index (χ0v) is 10.1. The zero-order valence-electron chi connectivity index (χ0n) is 8.55. The van der Waals surface area contributed by atoms with Gasteiger partial charge in [0.1, 0.15) is 10.3 Å². The van der Waals surface area contributed by atoms with Crippen molar-refractivity contribution in [3.63, 3.8) is 0 Å². The number of nitrogen functional groups attached to an aromatic ring is 1. The Morgan fingerprint density at radius 3 is 2.44 bits per heavy atom. The Hall–Kier alpha value is -1.57. The molecule has 2 rings (SSSR count). The number of hydrogen-bond donors (Lipinski definition) is 1. The minimum atomic E-state index is -4.57. The van der Waals surface area contributed by atoms with Crippen LogP contribution in [0, 0.1) is 5.82 Å². The summed E-state index contributed by atoms with van der Waals surface area (Å²) in [5, 5.41) is 3.33. The predicted molar refractivity (Wildman–Crippen MR) is 59.0 cm³/mol. The lowest BCUT2D eigenvalue weighted by Gasteiger charge is -2.08. The van der Waals surface area contributed by atoms with Crippen LogP contribution >= 0.6 is 15.9 Å². The van der Waals surface area contributed by atoms with Crippen molar-refractivity contribution in [3.8, 4) is 11.3 Å². The molecule has 0 bridgehead atoms. The van der Waals surface area contributed by atoms with Crippen molar-refractivity contribution in [1.29, 1.82) is 0 Å². The molecule has 2 aromatic rings. The highest BCUT2D eigenvalue weighted by Crippen LogP contribution is 2.37. The molecular formula is C10H5BrF4N2O. The first-order chi connectivity index (χ1) is 8.30. The quantitative estimate of drug-likeness (QED) is 0.811. The van der Waals surface area contributed by atoms with E-state index < -0.39 is 17.6 Å². The Morgan fingerprint density at radius 1 is 1.28 bits per heavy atom. The third-order valence-corrected chi connectivity index (χ3v) is 2.96. The Balaban J connectivity index is 2.61. The topological polar surface area (TPSA) is 52.0 Å². The summed E-state index contributed by atoms with van der Waals surface area (Å²) in [6.45, 7) is 0. The van der Waals surface area contributed by atoms with Crippen LogP contribution in [0.15, 0.2) is 27.2 Å². The minimum Gasteiger partial charge on any atom is -0.380 e. The second-order valence-corrected chi connectivity index (χ2v) is 4.20. The second kappa shape index (κ2) is 4.27. The van der Waals surface area contributed by atoms with Gasteiger partial charge in [0.15, 0.2) is 11.6 Å². The highest BCUT2D eigenvalue weighted by Gasteiger charge is 2.32. The largest absolute Gasteiger partial charge is 0.416 e. The normalized spacial score (nSPS) is 11.8. The highest BCUT2D eigenvalue weighted by molar-refractivity contribution is 9.10. The van der Waals surface area contributed by atoms with Gasteiger partial charge in [-0.25, -0.2) is 4.39 Å². The number of nitrogens with two attached hydrogens (primary N) is 1. The smallest absolute Gasteiger partial charge is 0.380 e.